The Bertz CT molecular complexity index is 455. The molecule has 0 saturated heterocycles. The number of nitrogens with zero attached hydrogens (tertiary/aromatic N) is 1. The predicted molar refractivity (Wildman–Crippen MR) is 76.1 cm³/mol. The van der Waals surface area contributed by atoms with Gasteiger partial charge in [0.2, 0.25) is 5.91 Å². The summed E-state index contributed by atoms with van der Waals surface area (Å²) in [7, 11) is 0. The lowest BCUT2D eigenvalue weighted by Gasteiger charge is -2.26. The lowest BCUT2D eigenvalue weighted by atomic mass is 9.79. The van der Waals surface area contributed by atoms with E-state index in [-0.39, 0.29) is 18.4 Å². The number of hydrogen-bond donors (Lipinski definition) is 2. The second-order valence-electron chi connectivity index (χ2n) is 5.04. The number of pyridine rings is 1. The Morgan fingerprint density at radius 3 is 2.30 bits per heavy atom. The highest BCUT2D eigenvalue weighted by Gasteiger charge is 2.37. The first kappa shape index (κ1) is 16.1. The Morgan fingerprint density at radius 1 is 1.30 bits per heavy atom. The van der Waals surface area contributed by atoms with Gasteiger partial charge in [-0.1, -0.05) is 13.8 Å². The van der Waals surface area contributed by atoms with Gasteiger partial charge in [0.15, 0.2) is 0 Å². The third kappa shape index (κ3) is 3.79. The largest absolute Gasteiger partial charge is 0.481 e. The predicted octanol–water partition coefficient (Wildman–Crippen LogP) is 2.54. The average molecular weight is 278 g/mol. The summed E-state index contributed by atoms with van der Waals surface area (Å²) in [6, 6.07) is 3.50. The van der Waals surface area contributed by atoms with Crippen molar-refractivity contribution in [1.82, 2.24) is 10.3 Å². The van der Waals surface area contributed by atoms with Crippen molar-refractivity contribution in [3.63, 3.8) is 0 Å². The molecule has 1 atom stereocenters. The number of carbonyl (C=O) groups is 2. The van der Waals surface area contributed by atoms with Gasteiger partial charge in [0, 0.05) is 18.8 Å². The van der Waals surface area contributed by atoms with Gasteiger partial charge in [-0.25, -0.2) is 0 Å². The zero-order valence-corrected chi connectivity index (χ0v) is 12.2. The summed E-state index contributed by atoms with van der Waals surface area (Å²) in [5.74, 6) is -1.14. The van der Waals surface area contributed by atoms with Crippen LogP contribution in [0.4, 0.5) is 0 Å². The lowest BCUT2D eigenvalue weighted by Crippen LogP contribution is -2.37. The van der Waals surface area contributed by atoms with E-state index in [1.807, 2.05) is 19.1 Å². The van der Waals surface area contributed by atoms with Crippen LogP contribution in [-0.2, 0) is 9.59 Å². The van der Waals surface area contributed by atoms with E-state index >= 15 is 0 Å². The van der Waals surface area contributed by atoms with Gasteiger partial charge in [-0.2, -0.15) is 0 Å². The molecule has 1 aromatic rings. The van der Waals surface area contributed by atoms with E-state index in [0.717, 1.165) is 5.56 Å². The highest BCUT2D eigenvalue weighted by atomic mass is 16.4. The molecule has 0 saturated carbocycles. The Hall–Kier alpha value is -1.91. The summed E-state index contributed by atoms with van der Waals surface area (Å²) >= 11 is 0. The van der Waals surface area contributed by atoms with Gasteiger partial charge in [-0.05, 0) is 37.5 Å². The number of nitrogens with one attached hydrogen (secondary N) is 1. The fraction of sp³-hybridized carbons (Fsp3) is 0.533. The molecule has 0 radical (unpaired) electrons. The van der Waals surface area contributed by atoms with Crippen LogP contribution in [-0.4, -0.2) is 22.0 Å². The molecule has 0 aliphatic carbocycles. The first-order valence-corrected chi connectivity index (χ1v) is 6.88. The molecule has 0 aliphatic rings. The molecule has 1 rings (SSSR count). The van der Waals surface area contributed by atoms with Crippen LogP contribution in [0.25, 0.3) is 0 Å². The zero-order chi connectivity index (χ0) is 15.2. The maximum absolute atomic E-state index is 12.1. The summed E-state index contributed by atoms with van der Waals surface area (Å²) in [5.41, 5.74) is -0.0236. The number of carboxylic acids is 1. The average Bonchev–Trinajstić information content (AvgIpc) is 2.45. The monoisotopic (exact) mass is 278 g/mol. The third-order valence-corrected chi connectivity index (χ3v) is 3.89. The highest BCUT2D eigenvalue weighted by Crippen LogP contribution is 2.31. The topological polar surface area (TPSA) is 79.3 Å². The minimum absolute atomic E-state index is 0.00472. The van der Waals surface area contributed by atoms with Crippen molar-refractivity contribution in [2.75, 3.05) is 0 Å². The van der Waals surface area contributed by atoms with E-state index in [0.29, 0.717) is 12.8 Å². The lowest BCUT2D eigenvalue weighted by molar-refractivity contribution is -0.152. The van der Waals surface area contributed by atoms with E-state index in [1.165, 1.54) is 0 Å². The fourth-order valence-corrected chi connectivity index (χ4v) is 2.21. The van der Waals surface area contributed by atoms with Crippen LogP contribution in [0.1, 0.15) is 51.6 Å². The molecule has 110 valence electrons. The quantitative estimate of drug-likeness (QED) is 0.803. The van der Waals surface area contributed by atoms with Crippen molar-refractivity contribution in [3.05, 3.63) is 30.1 Å². The summed E-state index contributed by atoms with van der Waals surface area (Å²) in [5, 5.41) is 12.2. The van der Waals surface area contributed by atoms with Gasteiger partial charge >= 0.3 is 5.97 Å². The highest BCUT2D eigenvalue weighted by molar-refractivity contribution is 5.85. The van der Waals surface area contributed by atoms with Crippen molar-refractivity contribution in [3.8, 4) is 0 Å². The molecule has 2 N–H and O–H groups in total. The number of carbonyl (C=O) groups excluding carboxylic acids is 1. The SMILES string of the molecule is CCC(CC)(CC(=O)N[C@H](C)c1ccncc1)C(=O)O. The van der Waals surface area contributed by atoms with Gasteiger partial charge < -0.3 is 10.4 Å². The van der Waals surface area contributed by atoms with E-state index in [1.54, 1.807) is 26.2 Å². The molecule has 0 fully saturated rings. The summed E-state index contributed by atoms with van der Waals surface area (Å²) in [4.78, 5) is 27.4. The zero-order valence-electron chi connectivity index (χ0n) is 12.2. The minimum atomic E-state index is -0.970. The van der Waals surface area contributed by atoms with Crippen LogP contribution < -0.4 is 5.32 Å². The third-order valence-electron chi connectivity index (χ3n) is 3.89. The van der Waals surface area contributed by atoms with Crippen molar-refractivity contribution in [2.45, 2.75) is 46.1 Å². The number of amides is 1. The molecular weight excluding hydrogens is 256 g/mol. The Balaban J connectivity index is 2.70. The van der Waals surface area contributed by atoms with Gasteiger partial charge in [0.1, 0.15) is 0 Å². The van der Waals surface area contributed by atoms with Crippen LogP contribution in [0, 0.1) is 5.41 Å². The first-order chi connectivity index (χ1) is 9.45. The van der Waals surface area contributed by atoms with Crippen molar-refractivity contribution < 1.29 is 14.7 Å². The number of hydrogen-bond acceptors (Lipinski definition) is 3. The summed E-state index contributed by atoms with van der Waals surface area (Å²) < 4.78 is 0. The standard InChI is InChI=1S/C15H22N2O3/c1-4-15(5-2,14(19)20)10-13(18)17-11(3)12-6-8-16-9-7-12/h6-9,11H,4-5,10H2,1-3H3,(H,17,18)(H,19,20)/t11-/m1/s1. The number of rotatable bonds is 7. The molecule has 5 nitrogen and oxygen atoms in total. The molecule has 0 spiro atoms. The second-order valence-corrected chi connectivity index (χ2v) is 5.04. The molecule has 0 aliphatic heterocycles. The van der Waals surface area contributed by atoms with Gasteiger partial charge in [0.05, 0.1) is 11.5 Å². The van der Waals surface area contributed by atoms with Crippen LogP contribution in [0.5, 0.6) is 0 Å². The molecule has 1 aromatic heterocycles. The molecule has 1 amide bonds. The van der Waals surface area contributed by atoms with E-state index < -0.39 is 11.4 Å². The van der Waals surface area contributed by atoms with Gasteiger partial charge in [-0.15, -0.1) is 0 Å². The molecule has 0 unspecified atom stereocenters. The maximum Gasteiger partial charge on any atom is 0.310 e. The van der Waals surface area contributed by atoms with Crippen LogP contribution in [0.3, 0.4) is 0 Å². The molecule has 0 aromatic carbocycles. The van der Waals surface area contributed by atoms with E-state index in [2.05, 4.69) is 10.3 Å². The van der Waals surface area contributed by atoms with Gasteiger partial charge in [-0.3, -0.25) is 14.6 Å². The Morgan fingerprint density at radius 2 is 1.85 bits per heavy atom. The first-order valence-electron chi connectivity index (χ1n) is 6.88. The molecular formula is C15H22N2O3. The normalized spacial score (nSPS) is 12.8. The number of aromatic nitrogens is 1. The fourth-order valence-electron chi connectivity index (χ4n) is 2.21. The number of carboxylic acid groups (broad SMARTS) is 1. The summed E-state index contributed by atoms with van der Waals surface area (Å²) in [6.07, 6.45) is 4.21. The smallest absolute Gasteiger partial charge is 0.310 e. The molecule has 1 heterocycles. The number of aliphatic carboxylic acids is 1. The minimum Gasteiger partial charge on any atom is -0.481 e. The van der Waals surface area contributed by atoms with E-state index in [9.17, 15) is 14.7 Å². The molecule has 0 bridgehead atoms. The Labute approximate surface area is 119 Å². The van der Waals surface area contributed by atoms with Crippen LogP contribution in [0.2, 0.25) is 0 Å². The van der Waals surface area contributed by atoms with Crippen molar-refractivity contribution in [2.24, 2.45) is 5.41 Å². The maximum atomic E-state index is 12.1. The summed E-state index contributed by atoms with van der Waals surface area (Å²) in [6.45, 7) is 5.47. The van der Waals surface area contributed by atoms with E-state index in [4.69, 9.17) is 0 Å². The second kappa shape index (κ2) is 7.03. The van der Waals surface area contributed by atoms with Crippen LogP contribution >= 0.6 is 0 Å². The van der Waals surface area contributed by atoms with Gasteiger partial charge in [0.25, 0.3) is 0 Å². The molecule has 20 heavy (non-hydrogen) atoms. The van der Waals surface area contributed by atoms with Crippen molar-refractivity contribution in [1.29, 1.82) is 0 Å². The van der Waals surface area contributed by atoms with Crippen molar-refractivity contribution >= 4 is 11.9 Å². The van der Waals surface area contributed by atoms with Crippen LogP contribution in [0.15, 0.2) is 24.5 Å². The molecule has 5 heteroatoms. The Kier molecular flexibility index (Phi) is 5.67.